The molecule has 6 N–H and O–H groups in total. The van der Waals surface area contributed by atoms with E-state index in [9.17, 15) is 25.2 Å². The van der Waals surface area contributed by atoms with Crippen molar-refractivity contribution in [1.82, 2.24) is 4.90 Å². The van der Waals surface area contributed by atoms with Gasteiger partial charge in [0.05, 0.1) is 47.6 Å². The molecule has 8 unspecified atom stereocenters. The molecule has 3 fully saturated rings. The summed E-state index contributed by atoms with van der Waals surface area (Å²) in [5.41, 5.74) is 2.41. The highest BCUT2D eigenvalue weighted by Crippen LogP contribution is 2.41. The zero-order chi connectivity index (χ0) is 38.1. The Bertz CT molecular complexity index is 1090. The molecule has 0 bridgehead atoms. The first-order chi connectivity index (χ1) is 23.0. The summed E-state index contributed by atoms with van der Waals surface area (Å²) in [7, 11) is 5.56. The maximum Gasteiger partial charge on any atom is 0.311 e. The molecule has 0 saturated carbocycles. The number of nitrogens with two attached hydrogens (primary N) is 1. The van der Waals surface area contributed by atoms with Crippen molar-refractivity contribution in [1.29, 1.82) is 0 Å². The summed E-state index contributed by atoms with van der Waals surface area (Å²) >= 11 is 0. The molecule has 50 heavy (non-hydrogen) atoms. The Morgan fingerprint density at radius 2 is 1.52 bits per heavy atom. The molecule has 0 radical (unpaired) electrons. The quantitative estimate of drug-likeness (QED) is 0.243. The first-order valence-corrected chi connectivity index (χ1v) is 18.6. The molecule has 13 nitrogen and oxygen atoms in total. The Morgan fingerprint density at radius 1 is 0.900 bits per heavy atom. The molecular formula is C37H70N2O11. The summed E-state index contributed by atoms with van der Waals surface area (Å²) in [6, 6.07) is -0.451. The van der Waals surface area contributed by atoms with Gasteiger partial charge in [0.2, 0.25) is 0 Å². The SMILES string of the molecule is CC[C@H]1OC(=O)[C@H](C)[C@@H](OC2CC(C)(OC)C(O)C(C)O2)[C@H](C)[C@@H](OC2CC(N(C)C)CC(C)O2)[C@@](C)(O)CC(C)[C@H](N)[C@H](C)[C@@H](O)[C@]1(C)O. The van der Waals surface area contributed by atoms with Crippen LogP contribution in [0.5, 0.6) is 0 Å². The van der Waals surface area contributed by atoms with Crippen LogP contribution in [0.1, 0.15) is 101 Å². The van der Waals surface area contributed by atoms with Crippen LogP contribution in [0.2, 0.25) is 0 Å². The van der Waals surface area contributed by atoms with E-state index >= 15 is 0 Å². The number of hydrogen-bond donors (Lipinski definition) is 5. The third-order valence-corrected chi connectivity index (χ3v) is 12.1. The van der Waals surface area contributed by atoms with Gasteiger partial charge in [-0.2, -0.15) is 0 Å². The highest BCUT2D eigenvalue weighted by molar-refractivity contribution is 5.73. The van der Waals surface area contributed by atoms with Gasteiger partial charge in [-0.25, -0.2) is 0 Å². The van der Waals surface area contributed by atoms with E-state index in [4.69, 9.17) is 34.2 Å². The number of rotatable bonds is 7. The van der Waals surface area contributed by atoms with Crippen molar-refractivity contribution in [3.05, 3.63) is 0 Å². The van der Waals surface area contributed by atoms with E-state index < -0.39 is 95.8 Å². The van der Waals surface area contributed by atoms with Crippen molar-refractivity contribution in [3.8, 4) is 0 Å². The fourth-order valence-electron chi connectivity index (χ4n) is 8.57. The van der Waals surface area contributed by atoms with E-state index in [0.717, 1.165) is 6.42 Å². The largest absolute Gasteiger partial charge is 0.459 e. The molecule has 0 spiro atoms. The lowest BCUT2D eigenvalue weighted by molar-refractivity contribution is -0.308. The molecule has 3 aliphatic rings. The minimum atomic E-state index is -1.82. The number of cyclic esters (lactones) is 1. The summed E-state index contributed by atoms with van der Waals surface area (Å²) in [5.74, 6) is -3.21. The van der Waals surface area contributed by atoms with Crippen molar-refractivity contribution in [2.45, 2.75) is 186 Å². The highest BCUT2D eigenvalue weighted by atomic mass is 16.7. The van der Waals surface area contributed by atoms with E-state index in [1.165, 1.54) is 14.0 Å². The van der Waals surface area contributed by atoms with Crippen LogP contribution >= 0.6 is 0 Å². The van der Waals surface area contributed by atoms with Crippen LogP contribution in [0.3, 0.4) is 0 Å². The molecule has 3 heterocycles. The number of nitrogens with zero attached hydrogens (tertiary/aromatic N) is 1. The molecule has 18 atom stereocenters. The summed E-state index contributed by atoms with van der Waals surface area (Å²) < 4.78 is 37.7. The van der Waals surface area contributed by atoms with Gasteiger partial charge in [-0.3, -0.25) is 4.79 Å². The van der Waals surface area contributed by atoms with Gasteiger partial charge < -0.3 is 59.5 Å². The van der Waals surface area contributed by atoms with Crippen LogP contribution in [-0.2, 0) is 33.2 Å². The molecule has 0 aliphatic carbocycles. The zero-order valence-corrected chi connectivity index (χ0v) is 32.9. The van der Waals surface area contributed by atoms with E-state index in [2.05, 4.69) is 4.90 Å². The van der Waals surface area contributed by atoms with Gasteiger partial charge in [-0.1, -0.05) is 27.7 Å². The second kappa shape index (κ2) is 17.0. The molecule has 3 saturated heterocycles. The lowest BCUT2D eigenvalue weighted by Crippen LogP contribution is -2.60. The average Bonchev–Trinajstić information content (AvgIpc) is 3.04. The smallest absolute Gasteiger partial charge is 0.311 e. The number of methoxy groups -OCH3 is 1. The minimum absolute atomic E-state index is 0.0930. The average molecular weight is 719 g/mol. The lowest BCUT2D eigenvalue weighted by atomic mass is 9.72. The number of carbonyl (C=O) groups is 1. The number of aliphatic hydroxyl groups excluding tert-OH is 2. The summed E-state index contributed by atoms with van der Waals surface area (Å²) in [5, 5.41) is 46.5. The topological polar surface area (TPSA) is 183 Å². The van der Waals surface area contributed by atoms with Crippen molar-refractivity contribution in [2.24, 2.45) is 29.4 Å². The van der Waals surface area contributed by atoms with E-state index in [1.807, 2.05) is 34.9 Å². The molecular weight excluding hydrogens is 648 g/mol. The monoisotopic (exact) mass is 718 g/mol. The Balaban J connectivity index is 2.15. The van der Waals surface area contributed by atoms with E-state index in [-0.39, 0.29) is 37.3 Å². The van der Waals surface area contributed by atoms with Crippen molar-refractivity contribution < 1.29 is 53.6 Å². The summed E-state index contributed by atoms with van der Waals surface area (Å²) in [6.07, 6.45) is -5.50. The van der Waals surface area contributed by atoms with Crippen LogP contribution in [0.15, 0.2) is 0 Å². The predicted octanol–water partition coefficient (Wildman–Crippen LogP) is 2.57. The van der Waals surface area contributed by atoms with Gasteiger partial charge in [-0.15, -0.1) is 0 Å². The van der Waals surface area contributed by atoms with Gasteiger partial charge in [0, 0.05) is 43.9 Å². The number of ether oxygens (including phenoxy) is 6. The molecule has 3 aliphatic heterocycles. The molecule has 0 aromatic rings. The van der Waals surface area contributed by atoms with Crippen LogP contribution in [-0.4, -0.2) is 137 Å². The second-order valence-electron chi connectivity index (χ2n) is 16.7. The standard InChI is InChI=1S/C37H70N2O11/c1-14-26-37(10,44)31(40)21(4)29(38)19(2)17-35(8,43)33(50-27-16-25(39(11)12)15-20(3)46-27)22(5)30(23(6)34(42)48-26)49-28-18-36(9,45-13)32(41)24(7)47-28/h19-33,40-41,43-44H,14-18,38H2,1-13H3/t19?,20?,21-,22-,23+,24?,25?,26+,27?,28?,29-,30-,31+,32?,33+,35-,36?,37+/m0/s1. The number of carbonyl (C=O) groups excluding carboxylic acids is 1. The minimum Gasteiger partial charge on any atom is -0.459 e. The predicted molar refractivity (Wildman–Crippen MR) is 188 cm³/mol. The van der Waals surface area contributed by atoms with Crippen LogP contribution in [0.25, 0.3) is 0 Å². The fourth-order valence-corrected chi connectivity index (χ4v) is 8.57. The second-order valence-corrected chi connectivity index (χ2v) is 16.7. The first kappa shape index (κ1) is 43.4. The van der Waals surface area contributed by atoms with Crippen LogP contribution < -0.4 is 5.73 Å². The van der Waals surface area contributed by atoms with E-state index in [1.54, 1.807) is 41.5 Å². The van der Waals surface area contributed by atoms with E-state index in [0.29, 0.717) is 6.42 Å². The molecule has 0 aromatic heterocycles. The maximum absolute atomic E-state index is 14.1. The van der Waals surface area contributed by atoms with Gasteiger partial charge in [0.15, 0.2) is 12.6 Å². The highest BCUT2D eigenvalue weighted by Gasteiger charge is 2.52. The Hall–Kier alpha value is -0.970. The maximum atomic E-state index is 14.1. The Morgan fingerprint density at radius 3 is 2.08 bits per heavy atom. The summed E-state index contributed by atoms with van der Waals surface area (Å²) in [6.45, 7) is 17.7. The van der Waals surface area contributed by atoms with Gasteiger partial charge in [0.25, 0.3) is 0 Å². The number of esters is 1. The Labute approximate surface area is 300 Å². The number of aliphatic hydroxyl groups is 4. The summed E-state index contributed by atoms with van der Waals surface area (Å²) in [4.78, 5) is 16.2. The fraction of sp³-hybridized carbons (Fsp3) is 0.973. The first-order valence-electron chi connectivity index (χ1n) is 18.6. The van der Waals surface area contributed by atoms with Gasteiger partial charge in [-0.05, 0) is 80.8 Å². The Kier molecular flexibility index (Phi) is 14.8. The molecule has 3 rings (SSSR count). The molecule has 294 valence electrons. The third-order valence-electron chi connectivity index (χ3n) is 12.1. The normalized spacial score (nSPS) is 50.5. The van der Waals surface area contributed by atoms with Crippen LogP contribution in [0, 0.1) is 23.7 Å². The zero-order valence-electron chi connectivity index (χ0n) is 32.9. The third kappa shape index (κ3) is 9.57. The van der Waals surface area contributed by atoms with Gasteiger partial charge >= 0.3 is 5.97 Å². The molecule has 13 heteroatoms. The van der Waals surface area contributed by atoms with Crippen molar-refractivity contribution in [3.63, 3.8) is 0 Å². The number of hydrogen-bond acceptors (Lipinski definition) is 13. The van der Waals surface area contributed by atoms with Crippen molar-refractivity contribution in [2.75, 3.05) is 21.2 Å². The van der Waals surface area contributed by atoms with Gasteiger partial charge in [0.1, 0.15) is 17.8 Å². The molecule has 0 aromatic carbocycles. The molecule has 0 amide bonds. The van der Waals surface area contributed by atoms with Crippen molar-refractivity contribution >= 4 is 5.97 Å². The van der Waals surface area contributed by atoms with Crippen LogP contribution in [0.4, 0.5) is 0 Å². The lowest BCUT2D eigenvalue weighted by Gasteiger charge is -2.49.